The lowest BCUT2D eigenvalue weighted by molar-refractivity contribution is 0.107. The number of piperidine rings is 1. The first-order valence-corrected chi connectivity index (χ1v) is 15.1. The molecule has 5 aliphatic rings. The van der Waals surface area contributed by atoms with Gasteiger partial charge in [-0.1, -0.05) is 18.1 Å². The van der Waals surface area contributed by atoms with Crippen LogP contribution in [0.15, 0.2) is 43.1 Å². The molecule has 4 aromatic rings. The fourth-order valence-corrected chi connectivity index (χ4v) is 8.01. The minimum atomic E-state index is -0.726. The fourth-order valence-electron chi connectivity index (χ4n) is 8.01. The van der Waals surface area contributed by atoms with E-state index >= 15 is 4.39 Å². The Hall–Kier alpha value is -4.33. The predicted octanol–water partition coefficient (Wildman–Crippen LogP) is 4.92. The third-order valence-corrected chi connectivity index (χ3v) is 10.1. The number of pyridine rings is 1. The van der Waals surface area contributed by atoms with Crippen LogP contribution in [0.25, 0.3) is 32.9 Å². The number of anilines is 1. The van der Waals surface area contributed by atoms with Gasteiger partial charge in [-0.05, 0) is 68.8 Å². The Morgan fingerprint density at radius 3 is 2.75 bits per heavy atom. The van der Waals surface area contributed by atoms with Crippen molar-refractivity contribution in [2.45, 2.75) is 49.2 Å². The van der Waals surface area contributed by atoms with Gasteiger partial charge in [-0.3, -0.25) is 9.88 Å². The van der Waals surface area contributed by atoms with Crippen molar-refractivity contribution in [3.05, 3.63) is 60.3 Å². The van der Waals surface area contributed by atoms with Crippen molar-refractivity contribution < 1.29 is 18.6 Å². The molecular formula is C34H32F2N6O2. The first-order chi connectivity index (χ1) is 21.3. The van der Waals surface area contributed by atoms with Gasteiger partial charge in [0.2, 0.25) is 0 Å². The van der Waals surface area contributed by atoms with Gasteiger partial charge in [0.25, 0.3) is 0 Å². The molecule has 5 aliphatic heterocycles. The largest absolute Gasteiger partial charge is 0.508 e. The molecule has 5 saturated heterocycles. The molecular weight excluding hydrogens is 562 g/mol. The van der Waals surface area contributed by atoms with Gasteiger partial charge in [0.05, 0.1) is 22.0 Å². The van der Waals surface area contributed by atoms with Gasteiger partial charge in [0.1, 0.15) is 35.2 Å². The number of hydrogen-bond donors (Lipinski definition) is 2. The van der Waals surface area contributed by atoms with Crippen molar-refractivity contribution in [1.29, 1.82) is 0 Å². The number of nitrogens with zero attached hydrogens (tertiary/aromatic N) is 5. The summed E-state index contributed by atoms with van der Waals surface area (Å²) in [5, 5.41) is 15.3. The number of ether oxygens (including phenoxy) is 1. The molecule has 0 radical (unpaired) electrons. The highest BCUT2D eigenvalue weighted by molar-refractivity contribution is 6.03. The number of nitrogens with one attached hydrogen (secondary N) is 1. The van der Waals surface area contributed by atoms with Gasteiger partial charge in [0, 0.05) is 36.3 Å². The van der Waals surface area contributed by atoms with E-state index in [4.69, 9.17) is 16.1 Å². The summed E-state index contributed by atoms with van der Waals surface area (Å²) in [7, 11) is 0. The molecule has 2 aromatic heterocycles. The number of aromatic nitrogens is 3. The number of phenolic OH excluding ortho intramolecular Hbond substituents is 1. The summed E-state index contributed by atoms with van der Waals surface area (Å²) in [4.78, 5) is 18.6. The molecule has 2 aromatic carbocycles. The Morgan fingerprint density at radius 2 is 2.00 bits per heavy atom. The second-order valence-corrected chi connectivity index (χ2v) is 12.7. The SMILES string of the molecule is C#Cc1c(F)ccc2cc(O)cc(-c3ncc4c(N5CC6CC(C=C)(C5)N6)nc(OCC56CCCN5CCC6)nc4c3F)c12. The highest BCUT2D eigenvalue weighted by Gasteiger charge is 2.48. The lowest BCUT2D eigenvalue weighted by atomic mass is 9.77. The van der Waals surface area contributed by atoms with Gasteiger partial charge < -0.3 is 20.1 Å². The summed E-state index contributed by atoms with van der Waals surface area (Å²) in [6.07, 6.45) is 14.5. The second-order valence-electron chi connectivity index (χ2n) is 12.7. The molecule has 0 saturated carbocycles. The van der Waals surface area contributed by atoms with E-state index in [9.17, 15) is 9.50 Å². The van der Waals surface area contributed by atoms with E-state index in [1.807, 2.05) is 6.08 Å². The quantitative estimate of drug-likeness (QED) is 0.240. The minimum absolute atomic E-state index is 0.0297. The highest BCUT2D eigenvalue weighted by atomic mass is 19.1. The summed E-state index contributed by atoms with van der Waals surface area (Å²) < 4.78 is 37.9. The van der Waals surface area contributed by atoms with Crippen LogP contribution in [0.2, 0.25) is 0 Å². The van der Waals surface area contributed by atoms with Gasteiger partial charge in [-0.25, -0.2) is 8.78 Å². The Morgan fingerprint density at radius 1 is 1.20 bits per heavy atom. The summed E-state index contributed by atoms with van der Waals surface area (Å²) >= 11 is 0. The summed E-state index contributed by atoms with van der Waals surface area (Å²) in [6.45, 7) is 7.87. The van der Waals surface area contributed by atoms with Crippen LogP contribution in [0.5, 0.6) is 11.8 Å². The smallest absolute Gasteiger partial charge is 0.319 e. The van der Waals surface area contributed by atoms with Crippen LogP contribution in [0, 0.1) is 24.0 Å². The molecule has 0 amide bonds. The molecule has 9 rings (SSSR count). The van der Waals surface area contributed by atoms with Crippen LogP contribution >= 0.6 is 0 Å². The highest BCUT2D eigenvalue weighted by Crippen LogP contribution is 2.42. The van der Waals surface area contributed by atoms with Crippen molar-refractivity contribution in [2.75, 3.05) is 37.7 Å². The monoisotopic (exact) mass is 594 g/mol. The number of hydrogen-bond acceptors (Lipinski definition) is 8. The van der Waals surface area contributed by atoms with Crippen molar-refractivity contribution in [1.82, 2.24) is 25.2 Å². The molecule has 5 fully saturated rings. The van der Waals surface area contributed by atoms with Gasteiger partial charge in [-0.15, -0.1) is 13.0 Å². The molecule has 0 spiro atoms. The van der Waals surface area contributed by atoms with Crippen molar-refractivity contribution in [3.8, 4) is 35.4 Å². The number of aromatic hydroxyl groups is 1. The molecule has 2 bridgehead atoms. The minimum Gasteiger partial charge on any atom is -0.508 e. The number of piperazine rings is 1. The van der Waals surface area contributed by atoms with Gasteiger partial charge >= 0.3 is 6.01 Å². The van der Waals surface area contributed by atoms with Crippen LogP contribution in [0.3, 0.4) is 0 Å². The number of phenols is 1. The van der Waals surface area contributed by atoms with E-state index in [2.05, 4.69) is 37.6 Å². The zero-order valence-corrected chi connectivity index (χ0v) is 24.2. The lowest BCUT2D eigenvalue weighted by Gasteiger charge is -2.56. The molecule has 224 valence electrons. The van der Waals surface area contributed by atoms with E-state index in [1.54, 1.807) is 6.20 Å². The molecule has 10 heteroatoms. The maximum absolute atomic E-state index is 16.8. The summed E-state index contributed by atoms with van der Waals surface area (Å²) in [5.74, 6) is 1.47. The number of terminal acetylenes is 1. The number of benzene rings is 2. The molecule has 0 aliphatic carbocycles. The average molecular weight is 595 g/mol. The topological polar surface area (TPSA) is 86.6 Å². The van der Waals surface area contributed by atoms with E-state index < -0.39 is 11.6 Å². The zero-order valence-electron chi connectivity index (χ0n) is 24.2. The fraction of sp³-hybridized carbons (Fsp3) is 0.382. The third-order valence-electron chi connectivity index (χ3n) is 10.1. The zero-order chi connectivity index (χ0) is 30.2. The van der Waals surface area contributed by atoms with E-state index in [0.29, 0.717) is 41.7 Å². The molecule has 2 N–H and O–H groups in total. The number of rotatable bonds is 6. The average Bonchev–Trinajstić information content (AvgIpc) is 3.60. The number of halogens is 2. The Kier molecular flexibility index (Phi) is 6.09. The summed E-state index contributed by atoms with van der Waals surface area (Å²) in [6, 6.07) is 5.91. The van der Waals surface area contributed by atoms with Crippen LogP contribution in [0.4, 0.5) is 14.6 Å². The molecule has 2 atom stereocenters. The standard InChI is InChI=1S/C34H32F2N6O2/c1-3-23-26(35)8-7-20-13-22(43)14-24(27(20)23)29-28(36)30-25(16-37-29)31(41-17-21-15-33(4-2,18-41)40-21)39-32(38-30)44-19-34-9-5-11-42(34)12-6-10-34/h1,4,7-8,13-14,16,21,40,43H,2,5-6,9-12,15,17-19H2. The first-order valence-electron chi connectivity index (χ1n) is 15.1. The van der Waals surface area contributed by atoms with Crippen molar-refractivity contribution >= 4 is 27.5 Å². The molecule has 2 unspecified atom stereocenters. The predicted molar refractivity (Wildman–Crippen MR) is 165 cm³/mol. The Bertz CT molecular complexity index is 1890. The Balaban J connectivity index is 1.29. The molecule has 7 heterocycles. The van der Waals surface area contributed by atoms with Crippen molar-refractivity contribution in [3.63, 3.8) is 0 Å². The lowest BCUT2D eigenvalue weighted by Crippen LogP contribution is -2.74. The Labute approximate surface area is 253 Å². The van der Waals surface area contributed by atoms with Crippen LogP contribution in [-0.4, -0.2) is 74.9 Å². The maximum Gasteiger partial charge on any atom is 0.319 e. The first kappa shape index (κ1) is 27.2. The van der Waals surface area contributed by atoms with E-state index in [-0.39, 0.29) is 51.2 Å². The second kappa shape index (κ2) is 9.84. The number of fused-ring (bicyclic) bond motifs is 5. The van der Waals surface area contributed by atoms with Gasteiger partial charge in [-0.2, -0.15) is 9.97 Å². The van der Waals surface area contributed by atoms with E-state index in [0.717, 1.165) is 45.2 Å². The molecule has 44 heavy (non-hydrogen) atoms. The van der Waals surface area contributed by atoms with Crippen molar-refractivity contribution in [2.24, 2.45) is 0 Å². The van der Waals surface area contributed by atoms with E-state index in [1.165, 1.54) is 24.3 Å². The molecule has 8 nitrogen and oxygen atoms in total. The third kappa shape index (κ3) is 4.06. The summed E-state index contributed by atoms with van der Waals surface area (Å²) in [5.41, 5.74) is -0.195. The van der Waals surface area contributed by atoms with Crippen LogP contribution in [0.1, 0.15) is 37.7 Å². The van der Waals surface area contributed by atoms with Gasteiger partial charge in [0.15, 0.2) is 5.82 Å². The van der Waals surface area contributed by atoms with Crippen LogP contribution < -0.4 is 15.0 Å². The normalized spacial score (nSPS) is 23.8. The van der Waals surface area contributed by atoms with Crippen LogP contribution in [-0.2, 0) is 0 Å². The maximum atomic E-state index is 16.8.